The minimum Gasteiger partial charge on any atom is -0.469 e. The summed E-state index contributed by atoms with van der Waals surface area (Å²) in [5, 5.41) is 0. The Hall–Kier alpha value is -1.29. The van der Waals surface area contributed by atoms with E-state index in [1.165, 1.54) is 0 Å². The maximum absolute atomic E-state index is 12.2. The molecule has 0 bridgehead atoms. The lowest BCUT2D eigenvalue weighted by Gasteiger charge is -2.38. The Balaban J connectivity index is 2.02. The van der Waals surface area contributed by atoms with Gasteiger partial charge in [0.15, 0.2) is 0 Å². The molecular weight excluding hydrogens is 216 g/mol. The van der Waals surface area contributed by atoms with Crippen molar-refractivity contribution in [2.45, 2.75) is 26.7 Å². The van der Waals surface area contributed by atoms with Gasteiger partial charge in [-0.25, -0.2) is 0 Å². The van der Waals surface area contributed by atoms with Crippen LogP contribution in [0.2, 0.25) is 0 Å². The SMILES string of the molecule is Cc1occc1C(=O)N1CCC(C)(CN)CC1. The third-order valence-corrected chi connectivity index (χ3v) is 3.84. The molecule has 94 valence electrons. The molecule has 0 aliphatic carbocycles. The van der Waals surface area contributed by atoms with Crippen LogP contribution in [0, 0.1) is 12.3 Å². The van der Waals surface area contributed by atoms with E-state index in [0.717, 1.165) is 25.9 Å². The van der Waals surface area contributed by atoms with Gasteiger partial charge in [-0.3, -0.25) is 4.79 Å². The number of hydrogen-bond donors (Lipinski definition) is 1. The van der Waals surface area contributed by atoms with Crippen molar-refractivity contribution < 1.29 is 9.21 Å². The van der Waals surface area contributed by atoms with E-state index >= 15 is 0 Å². The first-order valence-electron chi connectivity index (χ1n) is 6.09. The van der Waals surface area contributed by atoms with Gasteiger partial charge in [-0.15, -0.1) is 0 Å². The van der Waals surface area contributed by atoms with Crippen molar-refractivity contribution in [1.82, 2.24) is 4.90 Å². The van der Waals surface area contributed by atoms with E-state index in [2.05, 4.69) is 6.92 Å². The molecule has 0 aromatic carbocycles. The molecule has 0 atom stereocenters. The summed E-state index contributed by atoms with van der Waals surface area (Å²) in [4.78, 5) is 14.1. The molecule has 1 aromatic heterocycles. The summed E-state index contributed by atoms with van der Waals surface area (Å²) in [6, 6.07) is 1.74. The molecule has 4 heteroatoms. The standard InChI is InChI=1S/C13H20N2O2/c1-10-11(3-8-17-10)12(16)15-6-4-13(2,9-14)5-7-15/h3,8H,4-7,9,14H2,1-2H3. The van der Waals surface area contributed by atoms with E-state index in [1.54, 1.807) is 12.3 Å². The summed E-state index contributed by atoms with van der Waals surface area (Å²) in [5.74, 6) is 0.775. The Morgan fingerprint density at radius 2 is 2.18 bits per heavy atom. The van der Waals surface area contributed by atoms with Gasteiger partial charge in [0.2, 0.25) is 0 Å². The third-order valence-electron chi connectivity index (χ3n) is 3.84. The number of nitrogens with zero attached hydrogens (tertiary/aromatic N) is 1. The topological polar surface area (TPSA) is 59.5 Å². The zero-order valence-corrected chi connectivity index (χ0v) is 10.5. The van der Waals surface area contributed by atoms with Crippen LogP contribution in [0.4, 0.5) is 0 Å². The van der Waals surface area contributed by atoms with Crippen molar-refractivity contribution in [1.29, 1.82) is 0 Å². The Kier molecular flexibility index (Phi) is 3.24. The summed E-state index contributed by atoms with van der Waals surface area (Å²) in [5.41, 5.74) is 6.64. The van der Waals surface area contributed by atoms with Crippen LogP contribution in [0.3, 0.4) is 0 Å². The summed E-state index contributed by atoms with van der Waals surface area (Å²) in [6.07, 6.45) is 3.52. The first kappa shape index (κ1) is 12.2. The van der Waals surface area contributed by atoms with Crippen molar-refractivity contribution in [3.63, 3.8) is 0 Å². The van der Waals surface area contributed by atoms with Crippen molar-refractivity contribution in [2.24, 2.45) is 11.1 Å². The lowest BCUT2D eigenvalue weighted by Crippen LogP contribution is -2.44. The fraction of sp³-hybridized carbons (Fsp3) is 0.615. The summed E-state index contributed by atoms with van der Waals surface area (Å²) in [6.45, 7) is 6.28. The van der Waals surface area contributed by atoms with E-state index in [1.807, 2.05) is 11.8 Å². The average molecular weight is 236 g/mol. The van der Waals surface area contributed by atoms with Crippen LogP contribution >= 0.6 is 0 Å². The molecule has 1 aliphatic rings. The highest BCUT2D eigenvalue weighted by atomic mass is 16.3. The monoisotopic (exact) mass is 236 g/mol. The van der Waals surface area contributed by atoms with Crippen LogP contribution in [0.25, 0.3) is 0 Å². The maximum Gasteiger partial charge on any atom is 0.257 e. The van der Waals surface area contributed by atoms with E-state index in [4.69, 9.17) is 10.2 Å². The van der Waals surface area contributed by atoms with Gasteiger partial charge >= 0.3 is 0 Å². The van der Waals surface area contributed by atoms with E-state index in [9.17, 15) is 4.79 Å². The largest absolute Gasteiger partial charge is 0.469 e. The Bertz CT molecular complexity index is 403. The molecule has 2 rings (SSSR count). The highest BCUT2D eigenvalue weighted by Gasteiger charge is 2.31. The molecule has 2 heterocycles. The van der Waals surface area contributed by atoms with Gasteiger partial charge in [-0.05, 0) is 37.8 Å². The number of likely N-dealkylation sites (tertiary alicyclic amines) is 1. The number of rotatable bonds is 2. The molecule has 0 unspecified atom stereocenters. The van der Waals surface area contributed by atoms with Crippen molar-refractivity contribution in [2.75, 3.05) is 19.6 Å². The lowest BCUT2D eigenvalue weighted by atomic mass is 9.80. The number of nitrogens with two attached hydrogens (primary N) is 1. The smallest absolute Gasteiger partial charge is 0.257 e. The molecule has 1 fully saturated rings. The number of piperidine rings is 1. The van der Waals surface area contributed by atoms with Crippen molar-refractivity contribution in [3.05, 3.63) is 23.7 Å². The number of furan rings is 1. The van der Waals surface area contributed by atoms with E-state index in [-0.39, 0.29) is 11.3 Å². The van der Waals surface area contributed by atoms with Crippen LogP contribution in [0.1, 0.15) is 35.9 Å². The first-order valence-corrected chi connectivity index (χ1v) is 6.09. The van der Waals surface area contributed by atoms with Crippen LogP contribution in [0.15, 0.2) is 16.7 Å². The minimum atomic E-state index is 0.0790. The maximum atomic E-state index is 12.2. The molecular formula is C13H20N2O2. The zero-order chi connectivity index (χ0) is 12.5. The molecule has 1 saturated heterocycles. The molecule has 4 nitrogen and oxygen atoms in total. The second kappa shape index (κ2) is 4.53. The van der Waals surface area contributed by atoms with Crippen LogP contribution in [-0.4, -0.2) is 30.4 Å². The number of carbonyl (C=O) groups is 1. The predicted molar refractivity (Wildman–Crippen MR) is 65.7 cm³/mol. The van der Waals surface area contributed by atoms with Gasteiger partial charge in [-0.2, -0.15) is 0 Å². The van der Waals surface area contributed by atoms with Crippen molar-refractivity contribution in [3.8, 4) is 0 Å². The predicted octanol–water partition coefficient (Wildman–Crippen LogP) is 1.79. The van der Waals surface area contributed by atoms with E-state index < -0.39 is 0 Å². The number of amides is 1. The normalized spacial score (nSPS) is 19.4. The number of aryl methyl sites for hydroxylation is 1. The Labute approximate surface area is 102 Å². The van der Waals surface area contributed by atoms with Crippen molar-refractivity contribution >= 4 is 5.91 Å². The Morgan fingerprint density at radius 3 is 2.65 bits per heavy atom. The minimum absolute atomic E-state index is 0.0790. The molecule has 2 N–H and O–H groups in total. The zero-order valence-electron chi connectivity index (χ0n) is 10.5. The van der Waals surface area contributed by atoms with E-state index in [0.29, 0.717) is 17.9 Å². The fourth-order valence-corrected chi connectivity index (χ4v) is 2.23. The average Bonchev–Trinajstić information content (AvgIpc) is 2.76. The molecule has 1 aromatic rings. The van der Waals surface area contributed by atoms with Gasteiger partial charge in [0.1, 0.15) is 5.76 Å². The van der Waals surface area contributed by atoms with Crippen LogP contribution < -0.4 is 5.73 Å². The second-order valence-electron chi connectivity index (χ2n) is 5.20. The van der Waals surface area contributed by atoms with Gasteiger partial charge in [0.25, 0.3) is 5.91 Å². The quantitative estimate of drug-likeness (QED) is 0.851. The highest BCUT2D eigenvalue weighted by Crippen LogP contribution is 2.30. The summed E-state index contributed by atoms with van der Waals surface area (Å²) < 4.78 is 5.17. The molecule has 17 heavy (non-hydrogen) atoms. The van der Waals surface area contributed by atoms with Crippen LogP contribution in [0.5, 0.6) is 0 Å². The van der Waals surface area contributed by atoms with Gasteiger partial charge < -0.3 is 15.1 Å². The second-order valence-corrected chi connectivity index (χ2v) is 5.20. The van der Waals surface area contributed by atoms with Gasteiger partial charge in [-0.1, -0.05) is 6.92 Å². The summed E-state index contributed by atoms with van der Waals surface area (Å²) >= 11 is 0. The third kappa shape index (κ3) is 2.36. The molecule has 1 amide bonds. The van der Waals surface area contributed by atoms with Gasteiger partial charge in [0, 0.05) is 13.1 Å². The summed E-state index contributed by atoms with van der Waals surface area (Å²) in [7, 11) is 0. The molecule has 1 aliphatic heterocycles. The molecule has 0 saturated carbocycles. The lowest BCUT2D eigenvalue weighted by molar-refractivity contribution is 0.0616. The fourth-order valence-electron chi connectivity index (χ4n) is 2.23. The van der Waals surface area contributed by atoms with Crippen LogP contribution in [-0.2, 0) is 0 Å². The first-order chi connectivity index (χ1) is 8.06. The molecule has 0 spiro atoms. The highest BCUT2D eigenvalue weighted by molar-refractivity contribution is 5.95. The Morgan fingerprint density at radius 1 is 1.53 bits per heavy atom. The molecule has 0 radical (unpaired) electrons. The number of carbonyl (C=O) groups excluding carboxylic acids is 1. The van der Waals surface area contributed by atoms with Gasteiger partial charge in [0.05, 0.1) is 11.8 Å². The number of hydrogen-bond acceptors (Lipinski definition) is 3.